The fraction of sp³-hybridized carbons (Fsp3) is 0.0667. The molecule has 0 amide bonds. The first-order valence-corrected chi connectivity index (χ1v) is 6.46. The maximum atomic E-state index is 12.1. The molecule has 0 N–H and O–H groups in total. The van der Waals surface area contributed by atoms with E-state index in [1.54, 1.807) is 18.2 Å². The van der Waals surface area contributed by atoms with Crippen LogP contribution in [0.5, 0.6) is 5.75 Å². The molecule has 0 saturated heterocycles. The number of benzene rings is 2. The summed E-state index contributed by atoms with van der Waals surface area (Å²) in [6.45, 7) is 1.39. The summed E-state index contributed by atoms with van der Waals surface area (Å²) in [5, 5.41) is 10.6. The summed E-state index contributed by atoms with van der Waals surface area (Å²) in [7, 11) is 1.83. The van der Waals surface area contributed by atoms with E-state index in [1.807, 2.05) is 7.85 Å². The number of carbonyl (C=O) groups is 2. The first kappa shape index (κ1) is 15.4. The summed E-state index contributed by atoms with van der Waals surface area (Å²) in [6, 6.07) is 9.97. The van der Waals surface area contributed by atoms with Crippen LogP contribution in [0.4, 0.5) is 5.69 Å². The fourth-order valence-electron chi connectivity index (χ4n) is 1.89. The molecule has 22 heavy (non-hydrogen) atoms. The molecule has 0 radical (unpaired) electrons. The summed E-state index contributed by atoms with van der Waals surface area (Å²) in [6.07, 6.45) is 0. The normalized spacial score (nSPS) is 10.0. The second-order valence-corrected chi connectivity index (χ2v) is 4.75. The van der Waals surface area contributed by atoms with Gasteiger partial charge in [-0.1, -0.05) is 17.6 Å². The number of nitro groups is 1. The van der Waals surface area contributed by atoms with Crippen molar-refractivity contribution in [3.63, 3.8) is 0 Å². The van der Waals surface area contributed by atoms with Gasteiger partial charge in [-0.25, -0.2) is 4.79 Å². The summed E-state index contributed by atoms with van der Waals surface area (Å²) in [5.74, 6) is -0.724. The Kier molecular flexibility index (Phi) is 4.36. The zero-order valence-corrected chi connectivity index (χ0v) is 12.0. The number of non-ortho nitro benzene ring substituents is 1. The maximum absolute atomic E-state index is 12.1. The first-order valence-electron chi connectivity index (χ1n) is 6.46. The van der Waals surface area contributed by atoms with Crippen molar-refractivity contribution in [3.05, 3.63) is 63.7 Å². The van der Waals surface area contributed by atoms with Crippen molar-refractivity contribution in [2.45, 2.75) is 6.92 Å². The predicted molar refractivity (Wildman–Crippen MR) is 82.7 cm³/mol. The van der Waals surface area contributed by atoms with Crippen molar-refractivity contribution in [2.75, 3.05) is 0 Å². The number of nitrogens with zero attached hydrogens (tertiary/aromatic N) is 1. The van der Waals surface area contributed by atoms with Crippen LogP contribution in [0, 0.1) is 10.1 Å². The molecule has 0 heterocycles. The molecular weight excluding hydrogens is 285 g/mol. The summed E-state index contributed by atoms with van der Waals surface area (Å²) < 4.78 is 5.22. The van der Waals surface area contributed by atoms with E-state index in [0.717, 1.165) is 5.46 Å². The highest BCUT2D eigenvalue weighted by Gasteiger charge is 2.15. The minimum absolute atomic E-state index is 0.115. The Bertz CT molecular complexity index is 755. The van der Waals surface area contributed by atoms with Gasteiger partial charge in [0.25, 0.3) is 5.69 Å². The molecule has 0 aliphatic carbocycles. The molecule has 0 fully saturated rings. The molecule has 2 aromatic carbocycles. The molecule has 0 aliphatic heterocycles. The zero-order valence-electron chi connectivity index (χ0n) is 12.0. The van der Waals surface area contributed by atoms with Crippen LogP contribution in [0.15, 0.2) is 42.5 Å². The monoisotopic (exact) mass is 297 g/mol. The number of hydrogen-bond acceptors (Lipinski definition) is 5. The van der Waals surface area contributed by atoms with Crippen molar-refractivity contribution < 1.29 is 19.2 Å². The lowest BCUT2D eigenvalue weighted by atomic mass is 9.93. The largest absolute Gasteiger partial charge is 0.422 e. The molecular formula is C15H12BNO5. The number of hydrogen-bond donors (Lipinski definition) is 0. The number of Topliss-reactive ketones (excluding diaryl/α,β-unsaturated/α-hetero) is 1. The smallest absolute Gasteiger partial charge is 0.343 e. The Morgan fingerprint density at radius 3 is 2.32 bits per heavy atom. The Labute approximate surface area is 127 Å². The first-order chi connectivity index (χ1) is 10.4. The number of nitro benzene ring substituents is 1. The van der Waals surface area contributed by atoms with Crippen molar-refractivity contribution >= 4 is 30.7 Å². The second kappa shape index (κ2) is 6.21. The quantitative estimate of drug-likeness (QED) is 0.212. The van der Waals surface area contributed by atoms with Gasteiger partial charge >= 0.3 is 5.97 Å². The number of esters is 1. The van der Waals surface area contributed by atoms with Crippen molar-refractivity contribution in [3.8, 4) is 5.75 Å². The van der Waals surface area contributed by atoms with Gasteiger partial charge in [-0.3, -0.25) is 14.9 Å². The Morgan fingerprint density at radius 2 is 1.77 bits per heavy atom. The van der Waals surface area contributed by atoms with Gasteiger partial charge in [0.05, 0.1) is 16.1 Å². The van der Waals surface area contributed by atoms with E-state index in [0.29, 0.717) is 5.56 Å². The van der Waals surface area contributed by atoms with Gasteiger partial charge in [0.1, 0.15) is 13.6 Å². The molecule has 7 heteroatoms. The van der Waals surface area contributed by atoms with Crippen LogP contribution in [0.25, 0.3) is 0 Å². The molecule has 2 aromatic rings. The van der Waals surface area contributed by atoms with Crippen molar-refractivity contribution in [2.24, 2.45) is 0 Å². The molecule has 6 nitrogen and oxygen atoms in total. The van der Waals surface area contributed by atoms with Crippen LogP contribution in [-0.2, 0) is 0 Å². The van der Waals surface area contributed by atoms with Crippen LogP contribution in [0.1, 0.15) is 27.6 Å². The summed E-state index contributed by atoms with van der Waals surface area (Å²) >= 11 is 0. The van der Waals surface area contributed by atoms with Gasteiger partial charge in [-0.05, 0) is 25.1 Å². The van der Waals surface area contributed by atoms with Gasteiger partial charge in [-0.2, -0.15) is 0 Å². The van der Waals surface area contributed by atoms with Crippen LogP contribution < -0.4 is 10.2 Å². The summed E-state index contributed by atoms with van der Waals surface area (Å²) in [5.41, 5.74) is 1.24. The molecule has 0 spiro atoms. The lowest BCUT2D eigenvalue weighted by Gasteiger charge is -2.09. The number of ether oxygens (including phenoxy) is 1. The van der Waals surface area contributed by atoms with E-state index in [-0.39, 0.29) is 22.8 Å². The molecule has 0 saturated carbocycles. The van der Waals surface area contributed by atoms with E-state index in [1.165, 1.54) is 31.2 Å². The SMILES string of the molecule is Bc1ccc(OC(=O)c2ccc([N+](=O)[O-])cc2)c(C(C)=O)c1. The van der Waals surface area contributed by atoms with E-state index < -0.39 is 10.9 Å². The summed E-state index contributed by atoms with van der Waals surface area (Å²) in [4.78, 5) is 33.7. The number of ketones is 1. The van der Waals surface area contributed by atoms with Gasteiger partial charge in [0.15, 0.2) is 5.78 Å². The maximum Gasteiger partial charge on any atom is 0.343 e. The second-order valence-electron chi connectivity index (χ2n) is 4.75. The van der Waals surface area contributed by atoms with Crippen LogP contribution in [0.2, 0.25) is 0 Å². The molecule has 0 aliphatic rings. The zero-order chi connectivity index (χ0) is 16.3. The van der Waals surface area contributed by atoms with Crippen LogP contribution >= 0.6 is 0 Å². The third-order valence-electron chi connectivity index (χ3n) is 3.03. The van der Waals surface area contributed by atoms with Gasteiger partial charge in [-0.15, -0.1) is 0 Å². The average molecular weight is 297 g/mol. The van der Waals surface area contributed by atoms with E-state index >= 15 is 0 Å². The highest BCUT2D eigenvalue weighted by molar-refractivity contribution is 6.32. The molecule has 2 rings (SSSR count). The lowest BCUT2D eigenvalue weighted by molar-refractivity contribution is -0.384. The van der Waals surface area contributed by atoms with Crippen LogP contribution in [-0.4, -0.2) is 24.5 Å². The van der Waals surface area contributed by atoms with Gasteiger partial charge in [0.2, 0.25) is 0 Å². The highest BCUT2D eigenvalue weighted by Crippen LogP contribution is 2.20. The number of rotatable bonds is 4. The molecule has 0 atom stereocenters. The Hall–Kier alpha value is -2.96. The molecule has 0 unspecified atom stereocenters. The van der Waals surface area contributed by atoms with E-state index in [4.69, 9.17) is 4.74 Å². The Balaban J connectivity index is 2.25. The van der Waals surface area contributed by atoms with Crippen LogP contribution in [0.3, 0.4) is 0 Å². The minimum atomic E-state index is -0.679. The van der Waals surface area contributed by atoms with Gasteiger partial charge in [0, 0.05) is 12.1 Å². The molecule has 0 bridgehead atoms. The average Bonchev–Trinajstić information content (AvgIpc) is 2.48. The fourth-order valence-corrected chi connectivity index (χ4v) is 1.89. The van der Waals surface area contributed by atoms with E-state index in [9.17, 15) is 19.7 Å². The highest BCUT2D eigenvalue weighted by atomic mass is 16.6. The standard InChI is InChI=1S/C15H12BNO5/c1-9(18)13-8-11(16)4-7-14(13)22-15(19)10-2-5-12(6-3-10)17(20)21/h2-8H,16H2,1H3. The third-order valence-corrected chi connectivity index (χ3v) is 3.03. The van der Waals surface area contributed by atoms with Crippen molar-refractivity contribution in [1.82, 2.24) is 0 Å². The van der Waals surface area contributed by atoms with Gasteiger partial charge < -0.3 is 4.74 Å². The lowest BCUT2D eigenvalue weighted by Crippen LogP contribution is -2.13. The van der Waals surface area contributed by atoms with Crippen molar-refractivity contribution in [1.29, 1.82) is 0 Å². The molecule has 110 valence electrons. The third kappa shape index (κ3) is 3.38. The predicted octanol–water partition coefficient (Wildman–Crippen LogP) is 1.27. The topological polar surface area (TPSA) is 86.5 Å². The number of carbonyl (C=O) groups excluding carboxylic acids is 2. The van der Waals surface area contributed by atoms with E-state index in [2.05, 4.69) is 0 Å². The Morgan fingerprint density at radius 1 is 1.14 bits per heavy atom. The molecule has 0 aromatic heterocycles. The minimum Gasteiger partial charge on any atom is -0.422 e.